The molecular formula is C48H29N5O. The summed E-state index contributed by atoms with van der Waals surface area (Å²) < 4.78 is 8.56. The molecule has 0 aliphatic heterocycles. The van der Waals surface area contributed by atoms with Gasteiger partial charge in [0, 0.05) is 56.3 Å². The van der Waals surface area contributed by atoms with Crippen LogP contribution in [0.3, 0.4) is 0 Å². The molecule has 0 unspecified atom stereocenters. The summed E-state index contributed by atoms with van der Waals surface area (Å²) in [5.41, 5.74) is 9.99. The Morgan fingerprint density at radius 2 is 1.00 bits per heavy atom. The smallest absolute Gasteiger partial charge is 0.164 e. The van der Waals surface area contributed by atoms with Gasteiger partial charge < -0.3 is 8.98 Å². The van der Waals surface area contributed by atoms with Crippen LogP contribution in [0.4, 0.5) is 0 Å². The number of rotatable bonds is 5. The van der Waals surface area contributed by atoms with E-state index in [2.05, 4.69) is 125 Å². The number of hydrogen-bond acceptors (Lipinski definition) is 5. The zero-order valence-electron chi connectivity index (χ0n) is 28.9. The van der Waals surface area contributed by atoms with E-state index in [1.54, 1.807) is 6.20 Å². The van der Waals surface area contributed by atoms with Crippen LogP contribution in [0.5, 0.6) is 0 Å². The Hall–Kier alpha value is -7.44. The summed E-state index contributed by atoms with van der Waals surface area (Å²) in [6.07, 6.45) is 3.58. The average molecular weight is 692 g/mol. The first-order valence-corrected chi connectivity index (χ1v) is 17.9. The second kappa shape index (κ2) is 12.1. The summed E-state index contributed by atoms with van der Waals surface area (Å²) >= 11 is 0. The molecule has 11 rings (SSSR count). The minimum Gasteiger partial charge on any atom is -0.456 e. The Morgan fingerprint density at radius 3 is 1.76 bits per heavy atom. The van der Waals surface area contributed by atoms with Gasteiger partial charge in [-0.3, -0.25) is 4.98 Å². The highest BCUT2D eigenvalue weighted by Crippen LogP contribution is 2.38. The molecule has 54 heavy (non-hydrogen) atoms. The number of aromatic nitrogens is 5. The highest BCUT2D eigenvalue weighted by molar-refractivity contribution is 6.14. The third-order valence-electron chi connectivity index (χ3n) is 10.3. The maximum Gasteiger partial charge on any atom is 0.164 e. The molecule has 4 aromatic heterocycles. The first-order valence-electron chi connectivity index (χ1n) is 17.9. The lowest BCUT2D eigenvalue weighted by Gasteiger charge is -2.11. The van der Waals surface area contributed by atoms with Gasteiger partial charge in [0.1, 0.15) is 11.2 Å². The van der Waals surface area contributed by atoms with Crippen molar-refractivity contribution >= 4 is 54.5 Å². The van der Waals surface area contributed by atoms with Gasteiger partial charge >= 0.3 is 0 Å². The molecule has 4 heterocycles. The molecule has 0 bridgehead atoms. The van der Waals surface area contributed by atoms with Gasteiger partial charge in [-0.2, -0.15) is 0 Å². The van der Waals surface area contributed by atoms with Crippen LogP contribution in [0, 0.1) is 0 Å². The van der Waals surface area contributed by atoms with E-state index in [1.165, 1.54) is 32.7 Å². The van der Waals surface area contributed by atoms with E-state index >= 15 is 0 Å². The van der Waals surface area contributed by atoms with E-state index in [-0.39, 0.29) is 0 Å². The van der Waals surface area contributed by atoms with Crippen LogP contribution in [-0.2, 0) is 0 Å². The Kier molecular flexibility index (Phi) is 6.75. The molecule has 6 heteroatoms. The van der Waals surface area contributed by atoms with Gasteiger partial charge in [0.25, 0.3) is 0 Å². The van der Waals surface area contributed by atoms with Crippen molar-refractivity contribution < 1.29 is 4.42 Å². The second-order valence-electron chi connectivity index (χ2n) is 13.6. The Balaban J connectivity index is 1.06. The Bertz CT molecular complexity index is 3200. The van der Waals surface area contributed by atoms with Crippen LogP contribution in [0.15, 0.2) is 181 Å². The zero-order chi connectivity index (χ0) is 35.6. The fourth-order valence-corrected chi connectivity index (χ4v) is 7.66. The van der Waals surface area contributed by atoms with E-state index in [9.17, 15) is 0 Å². The van der Waals surface area contributed by atoms with Gasteiger partial charge in [0.05, 0.1) is 11.0 Å². The minimum absolute atomic E-state index is 0.576. The largest absolute Gasteiger partial charge is 0.456 e. The van der Waals surface area contributed by atoms with Gasteiger partial charge in [-0.25, -0.2) is 15.0 Å². The summed E-state index contributed by atoms with van der Waals surface area (Å²) in [4.78, 5) is 19.3. The molecule has 11 aromatic rings. The third kappa shape index (κ3) is 4.96. The van der Waals surface area contributed by atoms with E-state index < -0.39 is 0 Å². The van der Waals surface area contributed by atoms with Crippen molar-refractivity contribution in [2.75, 3.05) is 0 Å². The average Bonchev–Trinajstić information content (AvgIpc) is 3.77. The molecule has 0 aliphatic carbocycles. The first-order chi connectivity index (χ1) is 26.7. The van der Waals surface area contributed by atoms with Gasteiger partial charge in [-0.15, -0.1) is 0 Å². The quantitative estimate of drug-likeness (QED) is 0.180. The number of furan rings is 1. The summed E-state index contributed by atoms with van der Waals surface area (Å²) in [5.74, 6) is 1.78. The molecule has 0 N–H and O–H groups in total. The van der Waals surface area contributed by atoms with Crippen molar-refractivity contribution in [2.45, 2.75) is 0 Å². The molecule has 252 valence electrons. The Morgan fingerprint density at radius 1 is 0.389 bits per heavy atom. The van der Waals surface area contributed by atoms with Crippen LogP contribution >= 0.6 is 0 Å². The highest BCUT2D eigenvalue weighted by Gasteiger charge is 2.17. The van der Waals surface area contributed by atoms with Gasteiger partial charge in [-0.1, -0.05) is 97.1 Å². The molecule has 0 saturated carbocycles. The monoisotopic (exact) mass is 691 g/mol. The van der Waals surface area contributed by atoms with Crippen molar-refractivity contribution in [1.82, 2.24) is 24.5 Å². The first kappa shape index (κ1) is 30.2. The summed E-state index contributed by atoms with van der Waals surface area (Å²) in [7, 11) is 0. The number of fused-ring (bicyclic) bond motifs is 7. The van der Waals surface area contributed by atoms with E-state index in [4.69, 9.17) is 19.4 Å². The van der Waals surface area contributed by atoms with Crippen LogP contribution in [-0.4, -0.2) is 24.5 Å². The van der Waals surface area contributed by atoms with E-state index in [0.717, 1.165) is 55.3 Å². The molecule has 7 aromatic carbocycles. The number of nitrogens with zero attached hydrogens (tertiary/aromatic N) is 5. The second-order valence-corrected chi connectivity index (χ2v) is 13.6. The van der Waals surface area contributed by atoms with Crippen LogP contribution in [0.1, 0.15) is 0 Å². The summed E-state index contributed by atoms with van der Waals surface area (Å²) in [6, 6.07) is 57.1. The zero-order valence-corrected chi connectivity index (χ0v) is 28.9. The number of pyridine rings is 1. The van der Waals surface area contributed by atoms with Crippen molar-refractivity contribution in [3.63, 3.8) is 0 Å². The maximum absolute atomic E-state index is 6.19. The Labute approximate surface area is 309 Å². The molecule has 0 atom stereocenters. The van der Waals surface area contributed by atoms with Crippen molar-refractivity contribution in [1.29, 1.82) is 0 Å². The molecular weight excluding hydrogens is 663 g/mol. The predicted octanol–water partition coefficient (Wildman–Crippen LogP) is 12.1. The van der Waals surface area contributed by atoms with Gasteiger partial charge in [-0.05, 0) is 88.6 Å². The molecule has 0 radical (unpaired) electrons. The van der Waals surface area contributed by atoms with E-state index in [1.807, 2.05) is 54.7 Å². The normalized spacial score (nSPS) is 11.7. The fraction of sp³-hybridized carbons (Fsp3) is 0. The molecule has 6 nitrogen and oxygen atoms in total. The fourth-order valence-electron chi connectivity index (χ4n) is 7.66. The summed E-state index contributed by atoms with van der Waals surface area (Å²) in [6.45, 7) is 0. The highest BCUT2D eigenvalue weighted by atomic mass is 16.3. The molecule has 0 aliphatic rings. The number of hydrogen-bond donors (Lipinski definition) is 0. The number of benzene rings is 7. The third-order valence-corrected chi connectivity index (χ3v) is 10.3. The maximum atomic E-state index is 6.19. The topological polar surface area (TPSA) is 69.6 Å². The SMILES string of the molecule is c1ccc(-c2ccc3c(c2)c2cc4ccccc4cc2n3-c2ccc(-c3nc(-c4ccccc4)nc(-c4ccc5c(c4)oc4ccncc45)n3)cc2)cc1. The molecule has 0 fully saturated rings. The predicted molar refractivity (Wildman–Crippen MR) is 218 cm³/mol. The minimum atomic E-state index is 0.576. The standard InChI is InChI=1S/C48H29N5O/c1-3-9-30(10-4-1)35-18-22-42-39(26-35)40-25-33-13-7-8-14-34(33)27-43(40)53(42)37-19-15-32(16-20-37)47-50-46(31-11-5-2-6-12-31)51-48(52-47)36-17-21-38-41-29-49-24-23-44(41)54-45(38)28-36/h1-29H. The lowest BCUT2D eigenvalue weighted by Crippen LogP contribution is -2.00. The molecule has 0 spiro atoms. The van der Waals surface area contributed by atoms with Crippen molar-refractivity contribution in [3.05, 3.63) is 176 Å². The lowest BCUT2D eigenvalue weighted by atomic mass is 10.0. The van der Waals surface area contributed by atoms with Crippen molar-refractivity contribution in [3.8, 4) is 51.0 Å². The summed E-state index contributed by atoms with van der Waals surface area (Å²) in [5, 5.41) is 6.85. The van der Waals surface area contributed by atoms with E-state index in [0.29, 0.717) is 17.5 Å². The van der Waals surface area contributed by atoms with Crippen LogP contribution < -0.4 is 0 Å². The van der Waals surface area contributed by atoms with Crippen molar-refractivity contribution in [2.24, 2.45) is 0 Å². The van der Waals surface area contributed by atoms with Crippen LogP contribution in [0.25, 0.3) is 105 Å². The molecule has 0 saturated heterocycles. The molecule has 0 amide bonds. The van der Waals surface area contributed by atoms with Crippen LogP contribution in [0.2, 0.25) is 0 Å². The van der Waals surface area contributed by atoms with Gasteiger partial charge in [0.15, 0.2) is 17.5 Å². The van der Waals surface area contributed by atoms with Gasteiger partial charge in [0.2, 0.25) is 0 Å². The lowest BCUT2D eigenvalue weighted by molar-refractivity contribution is 0.668.